The van der Waals surface area contributed by atoms with Gasteiger partial charge < -0.3 is 15.5 Å². The van der Waals surface area contributed by atoms with Crippen molar-refractivity contribution in [3.05, 3.63) is 52.8 Å². The van der Waals surface area contributed by atoms with Crippen LogP contribution in [0, 0.1) is 18.7 Å². The van der Waals surface area contributed by atoms with Crippen molar-refractivity contribution in [3.63, 3.8) is 0 Å². The predicted octanol–water partition coefficient (Wildman–Crippen LogP) is 3.95. The van der Waals surface area contributed by atoms with Crippen LogP contribution in [0.15, 0.2) is 30.3 Å². The second kappa shape index (κ2) is 5.73. The van der Waals surface area contributed by atoms with Crippen LogP contribution in [-0.4, -0.2) is 26.2 Å². The van der Waals surface area contributed by atoms with Crippen molar-refractivity contribution in [2.24, 2.45) is 5.92 Å². The third-order valence-electron chi connectivity index (χ3n) is 6.05. The molecule has 1 fully saturated rings. The minimum absolute atomic E-state index is 0.151. The number of nitrogens with one attached hydrogen (secondary N) is 2. The molecule has 3 nitrogen and oxygen atoms in total. The summed E-state index contributed by atoms with van der Waals surface area (Å²) in [5, 5.41) is 7.09. The van der Waals surface area contributed by atoms with E-state index in [0.29, 0.717) is 11.5 Å². The first-order valence-corrected chi connectivity index (χ1v) is 9.35. The quantitative estimate of drug-likeness (QED) is 0.869. The zero-order valence-electron chi connectivity index (χ0n) is 14.6. The zero-order chi connectivity index (χ0) is 17.0. The molecule has 0 amide bonds. The normalized spacial score (nSPS) is 24.0. The van der Waals surface area contributed by atoms with Crippen molar-refractivity contribution in [2.75, 3.05) is 36.4 Å². The van der Waals surface area contributed by atoms with Gasteiger partial charge in [-0.2, -0.15) is 0 Å². The maximum atomic E-state index is 13.5. The average Bonchev–Trinajstić information content (AvgIpc) is 3.07. The van der Waals surface area contributed by atoms with Crippen molar-refractivity contribution < 1.29 is 4.39 Å². The summed E-state index contributed by atoms with van der Waals surface area (Å²) in [5.74, 6) is 1.20. The van der Waals surface area contributed by atoms with E-state index in [1.54, 1.807) is 6.07 Å². The van der Waals surface area contributed by atoms with Gasteiger partial charge in [0.05, 0.1) is 0 Å². The van der Waals surface area contributed by atoms with Crippen LogP contribution in [0.5, 0.6) is 0 Å². The van der Waals surface area contributed by atoms with Crippen LogP contribution in [0.25, 0.3) is 0 Å². The standard InChI is InChI=1S/C21H24FN3/c1-13-7-16(4-5-20(13)22)24-17-8-14-3-2-6-25-12-15-10-23-11-19(15)18(9-17)21(14)25/h4-5,7-9,15,19,23-24H,2-3,6,10-12H2,1H3/t15-,19-/m1/s1. The van der Waals surface area contributed by atoms with Crippen molar-refractivity contribution in [2.45, 2.75) is 25.7 Å². The summed E-state index contributed by atoms with van der Waals surface area (Å²) in [7, 11) is 0. The second-order valence-corrected chi connectivity index (χ2v) is 7.74. The maximum Gasteiger partial charge on any atom is 0.126 e. The lowest BCUT2D eigenvalue weighted by Gasteiger charge is -2.42. The summed E-state index contributed by atoms with van der Waals surface area (Å²) in [6.45, 7) is 6.41. The Hall–Kier alpha value is -2.07. The minimum atomic E-state index is -0.151. The molecule has 0 unspecified atom stereocenters. The van der Waals surface area contributed by atoms with Gasteiger partial charge in [-0.3, -0.25) is 0 Å². The van der Waals surface area contributed by atoms with Crippen molar-refractivity contribution in [1.29, 1.82) is 0 Å². The fourth-order valence-corrected chi connectivity index (χ4v) is 4.87. The zero-order valence-corrected chi connectivity index (χ0v) is 14.6. The lowest BCUT2D eigenvalue weighted by Crippen LogP contribution is -2.41. The molecule has 3 heterocycles. The third-order valence-corrected chi connectivity index (χ3v) is 6.05. The Morgan fingerprint density at radius 1 is 1.16 bits per heavy atom. The lowest BCUT2D eigenvalue weighted by atomic mass is 9.80. The number of benzene rings is 2. The minimum Gasteiger partial charge on any atom is -0.371 e. The van der Waals surface area contributed by atoms with Crippen molar-refractivity contribution in [1.82, 2.24) is 5.32 Å². The number of nitrogens with zero attached hydrogens (tertiary/aromatic N) is 1. The Balaban J connectivity index is 1.56. The second-order valence-electron chi connectivity index (χ2n) is 7.74. The largest absolute Gasteiger partial charge is 0.371 e. The molecule has 2 atom stereocenters. The first-order valence-electron chi connectivity index (χ1n) is 9.35. The fraction of sp³-hybridized carbons (Fsp3) is 0.429. The number of anilines is 3. The Bertz CT molecular complexity index is 832. The van der Waals surface area contributed by atoms with E-state index in [2.05, 4.69) is 27.7 Å². The SMILES string of the molecule is Cc1cc(Nc2cc3c4c(c2)[C@@H]2CNC[C@@H]2CN4CCC3)ccc1F. The van der Waals surface area contributed by atoms with Gasteiger partial charge in [-0.25, -0.2) is 4.39 Å². The van der Waals surface area contributed by atoms with Gasteiger partial charge in [-0.15, -0.1) is 0 Å². The molecular formula is C21H24FN3. The molecule has 0 radical (unpaired) electrons. The molecule has 2 N–H and O–H groups in total. The van der Waals surface area contributed by atoms with Crippen molar-refractivity contribution in [3.8, 4) is 0 Å². The Labute approximate surface area is 148 Å². The monoisotopic (exact) mass is 337 g/mol. The van der Waals surface area contributed by atoms with Crippen LogP contribution in [0.2, 0.25) is 0 Å². The van der Waals surface area contributed by atoms with Gasteiger partial charge in [0.1, 0.15) is 5.82 Å². The van der Waals surface area contributed by atoms with Gasteiger partial charge in [0, 0.05) is 49.2 Å². The maximum absolute atomic E-state index is 13.5. The van der Waals surface area contributed by atoms with Crippen LogP contribution in [0.1, 0.15) is 29.0 Å². The summed E-state index contributed by atoms with van der Waals surface area (Å²) < 4.78 is 13.5. The third kappa shape index (κ3) is 2.51. The molecule has 2 aromatic carbocycles. The molecule has 3 aliphatic rings. The summed E-state index contributed by atoms with van der Waals surface area (Å²) in [6.07, 6.45) is 2.39. The molecule has 0 saturated carbocycles. The molecule has 0 bridgehead atoms. The lowest BCUT2D eigenvalue weighted by molar-refractivity contribution is 0.470. The molecule has 1 saturated heterocycles. The van der Waals surface area contributed by atoms with E-state index in [-0.39, 0.29) is 5.82 Å². The average molecular weight is 337 g/mol. The molecule has 0 aliphatic carbocycles. The molecule has 2 aromatic rings. The van der Waals surface area contributed by atoms with E-state index in [1.807, 2.05) is 19.1 Å². The Morgan fingerprint density at radius 2 is 2.08 bits per heavy atom. The topological polar surface area (TPSA) is 27.3 Å². The van der Waals surface area contributed by atoms with E-state index in [1.165, 1.54) is 36.3 Å². The number of halogens is 1. The fourth-order valence-electron chi connectivity index (χ4n) is 4.87. The van der Waals surface area contributed by atoms with Gasteiger partial charge >= 0.3 is 0 Å². The molecule has 25 heavy (non-hydrogen) atoms. The summed E-state index contributed by atoms with van der Waals surface area (Å²) >= 11 is 0. The summed E-state index contributed by atoms with van der Waals surface area (Å²) in [5.41, 5.74) is 7.23. The predicted molar refractivity (Wildman–Crippen MR) is 100 cm³/mol. The number of hydrogen-bond donors (Lipinski definition) is 2. The molecule has 3 aliphatic heterocycles. The summed E-state index contributed by atoms with van der Waals surface area (Å²) in [6, 6.07) is 9.87. The highest BCUT2D eigenvalue weighted by Crippen LogP contribution is 2.46. The smallest absolute Gasteiger partial charge is 0.126 e. The van der Waals surface area contributed by atoms with Crippen LogP contribution in [-0.2, 0) is 6.42 Å². The van der Waals surface area contributed by atoms with E-state index >= 15 is 0 Å². The highest BCUT2D eigenvalue weighted by Gasteiger charge is 2.38. The molecular weight excluding hydrogens is 313 g/mol. The number of hydrogen-bond acceptors (Lipinski definition) is 3. The van der Waals surface area contributed by atoms with Crippen LogP contribution in [0.3, 0.4) is 0 Å². The molecule has 5 rings (SSSR count). The van der Waals surface area contributed by atoms with E-state index in [9.17, 15) is 4.39 Å². The van der Waals surface area contributed by atoms with E-state index < -0.39 is 0 Å². The Kier molecular flexibility index (Phi) is 3.49. The highest BCUT2D eigenvalue weighted by molar-refractivity contribution is 5.73. The van der Waals surface area contributed by atoms with Gasteiger partial charge in [-0.05, 0) is 72.7 Å². The van der Waals surface area contributed by atoms with Gasteiger partial charge in [0.15, 0.2) is 0 Å². The van der Waals surface area contributed by atoms with Crippen LogP contribution < -0.4 is 15.5 Å². The van der Waals surface area contributed by atoms with Crippen molar-refractivity contribution >= 4 is 17.1 Å². The Morgan fingerprint density at radius 3 is 2.96 bits per heavy atom. The molecule has 0 aromatic heterocycles. The number of rotatable bonds is 2. The van der Waals surface area contributed by atoms with Crippen LogP contribution >= 0.6 is 0 Å². The molecule has 0 spiro atoms. The van der Waals surface area contributed by atoms with Gasteiger partial charge in [0.2, 0.25) is 0 Å². The molecule has 4 heteroatoms. The van der Waals surface area contributed by atoms with E-state index in [4.69, 9.17) is 0 Å². The first-order chi connectivity index (χ1) is 12.2. The number of fused-ring (bicyclic) bond motifs is 2. The number of aryl methyl sites for hydroxylation is 2. The van der Waals surface area contributed by atoms with Gasteiger partial charge in [0.25, 0.3) is 0 Å². The summed E-state index contributed by atoms with van der Waals surface area (Å²) in [4.78, 5) is 2.61. The van der Waals surface area contributed by atoms with Gasteiger partial charge in [-0.1, -0.05) is 0 Å². The highest BCUT2D eigenvalue weighted by atomic mass is 19.1. The molecule has 130 valence electrons. The van der Waals surface area contributed by atoms with E-state index in [0.717, 1.165) is 36.8 Å². The first kappa shape index (κ1) is 15.2. The van der Waals surface area contributed by atoms with Crippen LogP contribution in [0.4, 0.5) is 21.5 Å².